The van der Waals surface area contributed by atoms with Crippen molar-refractivity contribution in [2.24, 2.45) is 0 Å². The normalized spacial score (nSPS) is 14.2. The van der Waals surface area contributed by atoms with E-state index >= 15 is 0 Å². The van der Waals surface area contributed by atoms with Crippen LogP contribution in [0.25, 0.3) is 0 Å². The molecule has 9 aromatic carbocycles. The number of benzene rings is 9. The number of furan rings is 1. The first-order valence-corrected chi connectivity index (χ1v) is 26.5. The molecule has 1 aromatic heterocycles. The lowest BCUT2D eigenvalue weighted by Gasteiger charge is -2.48. The van der Waals surface area contributed by atoms with E-state index in [2.05, 4.69) is 279 Å². The Labute approximate surface area is 440 Å². The van der Waals surface area contributed by atoms with Gasteiger partial charge in [0.05, 0.1) is 28.4 Å². The van der Waals surface area contributed by atoms with Crippen LogP contribution >= 0.6 is 0 Å². The highest BCUT2D eigenvalue weighted by atomic mass is 16.3. The predicted molar refractivity (Wildman–Crippen MR) is 317 cm³/mol. The van der Waals surface area contributed by atoms with Crippen LogP contribution in [0.1, 0.15) is 58.2 Å². The fraction of sp³-hybridized carbons (Fsp3) is 0.134. The van der Waals surface area contributed by atoms with Crippen LogP contribution in [0, 0.1) is 6.92 Å². The third-order valence-corrected chi connectivity index (χ3v) is 16.4. The van der Waals surface area contributed by atoms with Gasteiger partial charge in [-0.25, -0.2) is 0 Å². The van der Waals surface area contributed by atoms with Gasteiger partial charge in [-0.2, -0.15) is 0 Å². The molecular weight excluding hydrogens is 912 g/mol. The molecule has 0 radical (unpaired) electrons. The maximum atomic E-state index is 8.07. The Morgan fingerprint density at radius 1 is 0.360 bits per heavy atom. The third-order valence-electron chi connectivity index (χ3n) is 16.4. The Kier molecular flexibility index (Phi) is 9.20. The minimum absolute atomic E-state index is 0.0639. The number of hydrogen-bond donors (Lipinski definition) is 0. The van der Waals surface area contributed by atoms with E-state index in [-0.39, 0.29) is 24.3 Å². The summed E-state index contributed by atoms with van der Waals surface area (Å²) in [6.45, 7) is 15.8. The summed E-state index contributed by atoms with van der Waals surface area (Å²) in [6.07, 6.45) is 0. The minimum atomic E-state index is -0.233. The second kappa shape index (κ2) is 15.7. The Morgan fingerprint density at radius 3 is 1.32 bits per heavy atom. The van der Waals surface area contributed by atoms with Crippen LogP contribution < -0.4 is 57.7 Å². The molecule has 0 atom stereocenters. The van der Waals surface area contributed by atoms with Crippen molar-refractivity contribution in [1.29, 1.82) is 0 Å². The summed E-state index contributed by atoms with van der Waals surface area (Å²) in [7, 11) is 0. The van der Waals surface area contributed by atoms with Crippen LogP contribution in [0.15, 0.2) is 211 Å². The van der Waals surface area contributed by atoms with E-state index in [1.807, 2.05) is 0 Å². The van der Waals surface area contributed by atoms with Crippen LogP contribution in [0.5, 0.6) is 0 Å². The summed E-state index contributed by atoms with van der Waals surface area (Å²) in [6, 6.07) is 76.7. The molecule has 0 aliphatic carbocycles. The molecule has 0 fully saturated rings. The summed E-state index contributed by atoms with van der Waals surface area (Å²) in [4.78, 5) is 12.6. The van der Waals surface area contributed by atoms with Gasteiger partial charge in [0.1, 0.15) is 11.4 Å². The SMILES string of the molecule is Cc1cc2c3c(c1)N1c4ccccc4N4c5cc(N(c6ccccc6)c6ccccc6)cc6c5B(c5cc(C(C)(C)C)ccc5N6c5ccccc5)c5oc(c1c54)B3c1ccc(C(C)(C)C)cc1N2c1ccccc1. The zero-order valence-electron chi connectivity index (χ0n) is 43.4. The molecule has 0 saturated carbocycles. The van der Waals surface area contributed by atoms with Crippen molar-refractivity contribution in [2.75, 3.05) is 24.5 Å². The predicted octanol–water partition coefficient (Wildman–Crippen LogP) is 14.1. The van der Waals surface area contributed by atoms with Crippen molar-refractivity contribution >= 4 is 132 Å². The van der Waals surface area contributed by atoms with Gasteiger partial charge in [-0.1, -0.05) is 151 Å². The van der Waals surface area contributed by atoms with Gasteiger partial charge in [0.15, 0.2) is 0 Å². The van der Waals surface area contributed by atoms with E-state index in [4.69, 9.17) is 4.42 Å². The molecule has 15 rings (SSSR count). The van der Waals surface area contributed by atoms with E-state index in [0.717, 1.165) is 79.6 Å². The highest BCUT2D eigenvalue weighted by Gasteiger charge is 2.56. The molecule has 0 unspecified atom stereocenters. The van der Waals surface area contributed by atoms with Crippen molar-refractivity contribution < 1.29 is 4.42 Å². The van der Waals surface area contributed by atoms with Crippen LogP contribution in [-0.4, -0.2) is 13.4 Å². The second-order valence-electron chi connectivity index (χ2n) is 23.1. The highest BCUT2D eigenvalue weighted by molar-refractivity contribution is 7.02. The van der Waals surface area contributed by atoms with Crippen molar-refractivity contribution in [3.05, 3.63) is 223 Å². The largest absolute Gasteiger partial charge is 0.480 e. The van der Waals surface area contributed by atoms with Crippen molar-refractivity contribution in [2.45, 2.75) is 59.3 Å². The number of anilines is 15. The van der Waals surface area contributed by atoms with Crippen molar-refractivity contribution in [1.82, 2.24) is 0 Å². The Morgan fingerprint density at radius 2 is 0.787 bits per heavy atom. The molecule has 0 N–H and O–H groups in total. The molecule has 75 heavy (non-hydrogen) atoms. The van der Waals surface area contributed by atoms with E-state index in [9.17, 15) is 0 Å². The quantitative estimate of drug-likeness (QED) is 0.160. The molecule has 0 bridgehead atoms. The smallest absolute Gasteiger partial charge is 0.297 e. The molecule has 10 aromatic rings. The fourth-order valence-corrected chi connectivity index (χ4v) is 13.0. The summed E-state index contributed by atoms with van der Waals surface area (Å²) < 4.78 is 8.07. The first-order valence-electron chi connectivity index (χ1n) is 26.5. The first kappa shape index (κ1) is 43.9. The lowest BCUT2D eigenvalue weighted by atomic mass is 9.35. The van der Waals surface area contributed by atoms with Gasteiger partial charge < -0.3 is 28.9 Å². The number of aryl methyl sites for hydroxylation is 1. The third kappa shape index (κ3) is 6.29. The molecule has 0 spiro atoms. The molecule has 0 amide bonds. The molecule has 5 aliphatic rings. The number of para-hydroxylation sites is 6. The van der Waals surface area contributed by atoms with Crippen LogP contribution in [0.4, 0.5) is 85.3 Å². The van der Waals surface area contributed by atoms with E-state index in [1.165, 1.54) is 55.6 Å². The monoisotopic (exact) mass is 967 g/mol. The molecule has 8 heteroatoms. The number of rotatable bonds is 5. The Hall–Kier alpha value is -8.61. The van der Waals surface area contributed by atoms with E-state index < -0.39 is 0 Å². The van der Waals surface area contributed by atoms with E-state index in [0.29, 0.717) is 0 Å². The average Bonchev–Trinajstić information content (AvgIpc) is 4.09. The van der Waals surface area contributed by atoms with Crippen LogP contribution in [0.3, 0.4) is 0 Å². The summed E-state index contributed by atoms with van der Waals surface area (Å²) >= 11 is 0. The number of fused-ring (bicyclic) bond motifs is 11. The molecule has 360 valence electrons. The number of hydrogen-bond acceptors (Lipinski definition) is 6. The van der Waals surface area contributed by atoms with Crippen molar-refractivity contribution in [3.63, 3.8) is 0 Å². The number of nitrogens with zero attached hydrogens (tertiary/aromatic N) is 5. The maximum Gasteiger partial charge on any atom is 0.297 e. The van der Waals surface area contributed by atoms with Gasteiger partial charge in [0.25, 0.3) is 13.4 Å². The summed E-state index contributed by atoms with van der Waals surface area (Å²) in [5.41, 5.74) is 27.5. The topological polar surface area (TPSA) is 29.3 Å². The van der Waals surface area contributed by atoms with Gasteiger partial charge in [-0.05, 0) is 153 Å². The Bertz CT molecular complexity index is 3930. The molecule has 6 heterocycles. The lowest BCUT2D eigenvalue weighted by Crippen LogP contribution is -2.61. The van der Waals surface area contributed by atoms with E-state index in [1.54, 1.807) is 0 Å². The van der Waals surface area contributed by atoms with Gasteiger partial charge >= 0.3 is 0 Å². The summed E-state index contributed by atoms with van der Waals surface area (Å²) in [5.74, 6) is 0. The molecule has 6 nitrogen and oxygen atoms in total. The van der Waals surface area contributed by atoms with Crippen molar-refractivity contribution in [3.8, 4) is 0 Å². The average molecular weight is 968 g/mol. The molecule has 5 aliphatic heterocycles. The van der Waals surface area contributed by atoms with Crippen LogP contribution in [-0.2, 0) is 10.8 Å². The second-order valence-corrected chi connectivity index (χ2v) is 23.1. The lowest BCUT2D eigenvalue weighted by molar-refractivity contribution is 0.590. The highest BCUT2D eigenvalue weighted by Crippen LogP contribution is 2.59. The molecular formula is C67H55B2N5O. The van der Waals surface area contributed by atoms with Gasteiger partial charge in [-0.3, -0.25) is 0 Å². The standard InChI is InChI=1S/C67H55B2N5O/c1-42-36-56-60-57(37-42)73-53-30-20-21-31-54(53)74-59-41-49(70(45-22-12-8-13-23-45)46-24-14-9-15-25-46)40-58-61(59)69(51-38-43(66(2,3)4)33-35-52(51)71(58)47-26-16-10-17-27-47)65-63(74)62(73)64(75-65)68(60)50-34-32-44(67(5,6)7)39-55(50)72(56)48-28-18-11-19-29-48/h8-41H,1-7H3. The molecule has 0 saturated heterocycles. The van der Waals surface area contributed by atoms with Gasteiger partial charge in [-0.15, -0.1) is 0 Å². The zero-order chi connectivity index (χ0) is 50.6. The Balaban J connectivity index is 1.08. The van der Waals surface area contributed by atoms with Gasteiger partial charge in [0, 0.05) is 56.9 Å². The minimum Gasteiger partial charge on any atom is -0.480 e. The zero-order valence-corrected chi connectivity index (χ0v) is 43.4. The summed E-state index contributed by atoms with van der Waals surface area (Å²) in [5, 5.41) is 0. The first-order chi connectivity index (χ1) is 36.4. The van der Waals surface area contributed by atoms with Gasteiger partial charge in [0.2, 0.25) is 0 Å². The fourth-order valence-electron chi connectivity index (χ4n) is 13.0. The van der Waals surface area contributed by atoms with Crippen LogP contribution in [0.2, 0.25) is 0 Å². The maximum absolute atomic E-state index is 8.07.